The van der Waals surface area contributed by atoms with Crippen LogP contribution in [0.2, 0.25) is 0 Å². The van der Waals surface area contributed by atoms with E-state index < -0.39 is 0 Å². The molecule has 0 aliphatic rings. The molecule has 5 nitrogen and oxygen atoms in total. The van der Waals surface area contributed by atoms with Gasteiger partial charge in [-0.25, -0.2) is 9.97 Å². The molecule has 10 heavy (non-hydrogen) atoms. The van der Waals surface area contributed by atoms with Crippen LogP contribution in [0.15, 0.2) is 6.20 Å². The van der Waals surface area contributed by atoms with E-state index in [-0.39, 0.29) is 17.3 Å². The number of hydrogen-bond acceptors (Lipinski definition) is 5. The van der Waals surface area contributed by atoms with Gasteiger partial charge in [-0.3, -0.25) is 4.79 Å². The molecule has 1 aromatic rings. The van der Waals surface area contributed by atoms with Crippen molar-refractivity contribution in [1.29, 1.82) is 0 Å². The van der Waals surface area contributed by atoms with E-state index in [0.29, 0.717) is 6.29 Å². The Morgan fingerprint density at radius 2 is 2.20 bits per heavy atom. The Bertz CT molecular complexity index is 260. The molecule has 1 aromatic heterocycles. The first kappa shape index (κ1) is 6.47. The van der Waals surface area contributed by atoms with Crippen LogP contribution < -0.4 is 11.5 Å². The lowest BCUT2D eigenvalue weighted by Crippen LogP contribution is -2.02. The van der Waals surface area contributed by atoms with Gasteiger partial charge in [-0.15, -0.1) is 0 Å². The Balaban J connectivity index is 3.21. The van der Waals surface area contributed by atoms with Gasteiger partial charge in [-0.05, 0) is 0 Å². The second-order valence-corrected chi connectivity index (χ2v) is 1.68. The molecular weight excluding hydrogens is 132 g/mol. The summed E-state index contributed by atoms with van der Waals surface area (Å²) in [7, 11) is 0. The van der Waals surface area contributed by atoms with Crippen molar-refractivity contribution in [2.45, 2.75) is 0 Å². The molecular formula is C5H6N4O. The van der Waals surface area contributed by atoms with Crippen LogP contribution in [-0.2, 0) is 0 Å². The third-order valence-electron chi connectivity index (χ3n) is 0.960. The Labute approximate surface area is 57.1 Å². The van der Waals surface area contributed by atoms with E-state index in [2.05, 4.69) is 9.97 Å². The van der Waals surface area contributed by atoms with Gasteiger partial charge < -0.3 is 11.5 Å². The van der Waals surface area contributed by atoms with Gasteiger partial charge in [0.2, 0.25) is 0 Å². The van der Waals surface area contributed by atoms with Crippen molar-refractivity contribution in [3.05, 3.63) is 11.9 Å². The van der Waals surface area contributed by atoms with Crippen LogP contribution in [0.1, 0.15) is 10.5 Å². The van der Waals surface area contributed by atoms with Crippen molar-refractivity contribution in [2.24, 2.45) is 0 Å². The Morgan fingerprint density at radius 3 is 2.70 bits per heavy atom. The van der Waals surface area contributed by atoms with Gasteiger partial charge in [0.25, 0.3) is 0 Å². The number of nitrogens with zero attached hydrogens (tertiary/aromatic N) is 2. The molecule has 0 spiro atoms. The molecule has 4 N–H and O–H groups in total. The normalized spacial score (nSPS) is 9.20. The molecule has 0 aliphatic carbocycles. The number of carbonyl (C=O) groups excluding carboxylic acids is 1. The van der Waals surface area contributed by atoms with Gasteiger partial charge in [0.05, 0.1) is 6.20 Å². The van der Waals surface area contributed by atoms with E-state index in [1.807, 2.05) is 0 Å². The number of nitrogens with two attached hydrogens (primary N) is 2. The number of rotatable bonds is 1. The van der Waals surface area contributed by atoms with Gasteiger partial charge in [-0.2, -0.15) is 0 Å². The summed E-state index contributed by atoms with van der Waals surface area (Å²) in [6, 6.07) is 0. The highest BCUT2D eigenvalue weighted by molar-refractivity contribution is 5.79. The van der Waals surface area contributed by atoms with Crippen LogP contribution >= 0.6 is 0 Å². The fourth-order valence-electron chi connectivity index (χ4n) is 0.514. The summed E-state index contributed by atoms with van der Waals surface area (Å²) in [5.74, 6) is 0.292. The summed E-state index contributed by atoms with van der Waals surface area (Å²) in [4.78, 5) is 17.4. The van der Waals surface area contributed by atoms with Gasteiger partial charge in [0, 0.05) is 0 Å². The van der Waals surface area contributed by atoms with Crippen molar-refractivity contribution in [3.63, 3.8) is 0 Å². The number of anilines is 2. The molecule has 0 aromatic carbocycles. The van der Waals surface area contributed by atoms with Crippen molar-refractivity contribution in [2.75, 3.05) is 11.5 Å². The highest BCUT2D eigenvalue weighted by Crippen LogP contribution is 2.02. The molecule has 0 fully saturated rings. The average Bonchev–Trinajstić information content (AvgIpc) is 1.94. The Hall–Kier alpha value is -1.65. The molecule has 0 bridgehead atoms. The zero-order chi connectivity index (χ0) is 7.56. The van der Waals surface area contributed by atoms with E-state index in [1.165, 1.54) is 6.20 Å². The van der Waals surface area contributed by atoms with Crippen LogP contribution in [0.4, 0.5) is 11.6 Å². The maximum atomic E-state index is 10.1. The van der Waals surface area contributed by atoms with Crippen molar-refractivity contribution in [1.82, 2.24) is 9.97 Å². The fourth-order valence-corrected chi connectivity index (χ4v) is 0.514. The van der Waals surface area contributed by atoms with Crippen LogP contribution in [0.5, 0.6) is 0 Å². The first-order valence-electron chi connectivity index (χ1n) is 2.57. The smallest absolute Gasteiger partial charge is 0.172 e. The molecule has 52 valence electrons. The first-order chi connectivity index (χ1) is 4.74. The minimum absolute atomic E-state index is 0.0833. The van der Waals surface area contributed by atoms with Crippen LogP contribution in [0.3, 0.4) is 0 Å². The third kappa shape index (κ3) is 1.02. The zero-order valence-corrected chi connectivity index (χ0v) is 5.11. The van der Waals surface area contributed by atoms with Crippen LogP contribution in [0.25, 0.3) is 0 Å². The lowest BCUT2D eigenvalue weighted by Gasteiger charge is -1.95. The minimum Gasteiger partial charge on any atom is -0.382 e. The maximum absolute atomic E-state index is 10.1. The average molecular weight is 138 g/mol. The molecule has 0 radical (unpaired) electrons. The van der Waals surface area contributed by atoms with E-state index in [9.17, 15) is 4.79 Å². The van der Waals surface area contributed by atoms with E-state index in [0.717, 1.165) is 0 Å². The highest BCUT2D eigenvalue weighted by Gasteiger charge is 1.99. The van der Waals surface area contributed by atoms with Gasteiger partial charge in [0.15, 0.2) is 12.1 Å². The third-order valence-corrected chi connectivity index (χ3v) is 0.960. The summed E-state index contributed by atoms with van der Waals surface area (Å²) >= 11 is 0. The van der Waals surface area contributed by atoms with Crippen molar-refractivity contribution < 1.29 is 4.79 Å². The summed E-state index contributed by atoms with van der Waals surface area (Å²) in [5, 5.41) is 0. The summed E-state index contributed by atoms with van der Waals surface area (Å²) in [5.41, 5.74) is 10.5. The van der Waals surface area contributed by atoms with Crippen LogP contribution in [0, 0.1) is 0 Å². The molecule has 1 rings (SSSR count). The van der Waals surface area contributed by atoms with Gasteiger partial charge in [-0.1, -0.05) is 0 Å². The zero-order valence-electron chi connectivity index (χ0n) is 5.11. The number of carbonyl (C=O) groups is 1. The number of hydrogen-bond donors (Lipinski definition) is 2. The number of aldehydes is 1. The quantitative estimate of drug-likeness (QED) is 0.508. The SMILES string of the molecule is Nc1cnc(N)c(C=O)n1. The molecule has 0 aliphatic heterocycles. The number of nitrogen functional groups attached to an aromatic ring is 2. The maximum Gasteiger partial charge on any atom is 0.172 e. The second-order valence-electron chi connectivity index (χ2n) is 1.68. The monoisotopic (exact) mass is 138 g/mol. The first-order valence-corrected chi connectivity index (χ1v) is 2.57. The lowest BCUT2D eigenvalue weighted by atomic mass is 10.4. The lowest BCUT2D eigenvalue weighted by molar-refractivity contribution is 0.111. The predicted octanol–water partition coefficient (Wildman–Crippen LogP) is -0.546. The minimum atomic E-state index is 0.0833. The van der Waals surface area contributed by atoms with Crippen LogP contribution in [-0.4, -0.2) is 16.3 Å². The molecule has 1 heterocycles. The molecule has 0 saturated heterocycles. The largest absolute Gasteiger partial charge is 0.382 e. The molecule has 0 saturated carbocycles. The molecule has 5 heteroatoms. The van der Waals surface area contributed by atoms with Gasteiger partial charge >= 0.3 is 0 Å². The van der Waals surface area contributed by atoms with E-state index in [4.69, 9.17) is 11.5 Å². The fraction of sp³-hybridized carbons (Fsp3) is 0. The topological polar surface area (TPSA) is 94.9 Å². The van der Waals surface area contributed by atoms with Gasteiger partial charge in [0.1, 0.15) is 11.5 Å². The summed E-state index contributed by atoms with van der Waals surface area (Å²) < 4.78 is 0. The highest BCUT2D eigenvalue weighted by atomic mass is 16.1. The molecule has 0 unspecified atom stereocenters. The summed E-state index contributed by atoms with van der Waals surface area (Å²) in [6.45, 7) is 0. The summed E-state index contributed by atoms with van der Waals surface area (Å²) in [6.07, 6.45) is 1.81. The Kier molecular flexibility index (Phi) is 1.49. The van der Waals surface area contributed by atoms with Crippen molar-refractivity contribution in [3.8, 4) is 0 Å². The number of aromatic nitrogens is 2. The van der Waals surface area contributed by atoms with Crippen molar-refractivity contribution >= 4 is 17.9 Å². The van der Waals surface area contributed by atoms with E-state index in [1.54, 1.807) is 0 Å². The van der Waals surface area contributed by atoms with E-state index >= 15 is 0 Å². The Morgan fingerprint density at radius 1 is 1.50 bits per heavy atom. The predicted molar refractivity (Wildman–Crippen MR) is 36.2 cm³/mol. The standard InChI is InChI=1S/C5H6N4O/c6-4-1-8-5(7)3(2-10)9-4/h1-2H,(H2,6,9)(H2,7,8). The molecule has 0 atom stereocenters. The second kappa shape index (κ2) is 2.30. The molecule has 0 amide bonds.